The van der Waals surface area contributed by atoms with Crippen LogP contribution < -0.4 is 19.6 Å². The van der Waals surface area contributed by atoms with E-state index in [-0.39, 0.29) is 17.8 Å². The average molecular weight is 467 g/mol. The van der Waals surface area contributed by atoms with Gasteiger partial charge in [-0.05, 0) is 48.4 Å². The molecular formula is C28H21NO6. The molecule has 0 aliphatic heterocycles. The molecule has 4 rings (SSSR count). The Bertz CT molecular complexity index is 1510. The lowest BCUT2D eigenvalue weighted by atomic mass is 10.0. The normalized spacial score (nSPS) is 10.8. The Kier molecular flexibility index (Phi) is 6.94. The second-order valence-electron chi connectivity index (χ2n) is 7.50. The van der Waals surface area contributed by atoms with E-state index in [4.69, 9.17) is 23.9 Å². The first-order valence-electron chi connectivity index (χ1n) is 10.7. The highest BCUT2D eigenvalue weighted by atomic mass is 16.5. The highest BCUT2D eigenvalue weighted by molar-refractivity contribution is 5.90. The molecule has 0 radical (unpaired) electrons. The smallest absolute Gasteiger partial charge is 0.336 e. The van der Waals surface area contributed by atoms with Gasteiger partial charge in [-0.2, -0.15) is 5.26 Å². The standard InChI is InChI=1S/C28H21NO6/c1-18-27(20-6-4-3-5-7-20)28(31)22-11-10-21(17-24(22)34-18)35-26(30)13-9-19-8-12-23(33-15-14-29)25(16-19)32-2/h3-13,16-17H,15H2,1-2H3/b13-9+. The number of aryl methyl sites for hydroxylation is 1. The van der Waals surface area contributed by atoms with Crippen molar-refractivity contribution >= 4 is 23.0 Å². The molecule has 0 unspecified atom stereocenters. The molecule has 1 aromatic heterocycles. The Morgan fingerprint density at radius 3 is 2.60 bits per heavy atom. The van der Waals surface area contributed by atoms with E-state index in [1.54, 1.807) is 43.3 Å². The van der Waals surface area contributed by atoms with E-state index in [1.165, 1.54) is 19.3 Å². The summed E-state index contributed by atoms with van der Waals surface area (Å²) in [6.45, 7) is 1.63. The molecule has 0 aliphatic carbocycles. The fourth-order valence-electron chi connectivity index (χ4n) is 3.62. The molecule has 1 heterocycles. The molecule has 35 heavy (non-hydrogen) atoms. The molecular weight excluding hydrogens is 446 g/mol. The van der Waals surface area contributed by atoms with Crippen LogP contribution in [0.25, 0.3) is 28.2 Å². The van der Waals surface area contributed by atoms with Gasteiger partial charge in [0.25, 0.3) is 0 Å². The van der Waals surface area contributed by atoms with Crippen LogP contribution >= 0.6 is 0 Å². The summed E-state index contributed by atoms with van der Waals surface area (Å²) in [4.78, 5) is 25.4. The Labute approximate surface area is 201 Å². The van der Waals surface area contributed by atoms with Crippen molar-refractivity contribution < 1.29 is 23.4 Å². The van der Waals surface area contributed by atoms with E-state index in [0.717, 1.165) is 5.56 Å². The third-order valence-corrected chi connectivity index (χ3v) is 5.21. The van der Waals surface area contributed by atoms with Gasteiger partial charge < -0.3 is 18.6 Å². The maximum atomic E-state index is 13.1. The molecule has 3 aromatic carbocycles. The van der Waals surface area contributed by atoms with E-state index < -0.39 is 5.97 Å². The number of nitriles is 1. The van der Waals surface area contributed by atoms with Crippen molar-refractivity contribution in [1.82, 2.24) is 0 Å². The molecule has 7 nitrogen and oxygen atoms in total. The summed E-state index contributed by atoms with van der Waals surface area (Å²) >= 11 is 0. The fourth-order valence-corrected chi connectivity index (χ4v) is 3.62. The van der Waals surface area contributed by atoms with Crippen LogP contribution in [0.3, 0.4) is 0 Å². The lowest BCUT2D eigenvalue weighted by molar-refractivity contribution is -0.128. The third kappa shape index (κ3) is 5.23. The summed E-state index contributed by atoms with van der Waals surface area (Å²) in [7, 11) is 1.49. The van der Waals surface area contributed by atoms with Crippen LogP contribution in [-0.4, -0.2) is 19.7 Å². The van der Waals surface area contributed by atoms with Crippen LogP contribution in [0, 0.1) is 18.3 Å². The first-order valence-corrected chi connectivity index (χ1v) is 10.7. The number of hydrogen-bond donors (Lipinski definition) is 0. The highest BCUT2D eigenvalue weighted by Crippen LogP contribution is 2.29. The zero-order chi connectivity index (χ0) is 24.8. The maximum Gasteiger partial charge on any atom is 0.336 e. The molecule has 0 saturated carbocycles. The van der Waals surface area contributed by atoms with Gasteiger partial charge >= 0.3 is 5.97 Å². The molecule has 0 saturated heterocycles. The average Bonchev–Trinajstić information content (AvgIpc) is 2.87. The summed E-state index contributed by atoms with van der Waals surface area (Å²) in [6.07, 6.45) is 2.84. The second kappa shape index (κ2) is 10.4. The van der Waals surface area contributed by atoms with Crippen molar-refractivity contribution in [2.24, 2.45) is 0 Å². The Morgan fingerprint density at radius 2 is 1.86 bits per heavy atom. The number of methoxy groups -OCH3 is 1. The highest BCUT2D eigenvalue weighted by Gasteiger charge is 2.14. The number of rotatable bonds is 7. The van der Waals surface area contributed by atoms with Gasteiger partial charge in [0, 0.05) is 12.1 Å². The number of fused-ring (bicyclic) bond motifs is 1. The molecule has 0 N–H and O–H groups in total. The largest absolute Gasteiger partial charge is 0.493 e. The molecule has 7 heteroatoms. The van der Waals surface area contributed by atoms with Gasteiger partial charge in [0.05, 0.1) is 18.1 Å². The van der Waals surface area contributed by atoms with E-state index in [2.05, 4.69) is 0 Å². The monoisotopic (exact) mass is 467 g/mol. The molecule has 0 fully saturated rings. The maximum absolute atomic E-state index is 13.1. The minimum absolute atomic E-state index is 0.100. The Balaban J connectivity index is 1.53. The van der Waals surface area contributed by atoms with Crippen molar-refractivity contribution in [2.45, 2.75) is 6.92 Å². The van der Waals surface area contributed by atoms with Gasteiger partial charge in [0.1, 0.15) is 23.2 Å². The molecule has 0 bridgehead atoms. The minimum atomic E-state index is -0.604. The topological polar surface area (TPSA) is 98.8 Å². The predicted molar refractivity (Wildman–Crippen MR) is 131 cm³/mol. The molecule has 0 spiro atoms. The number of benzene rings is 3. The van der Waals surface area contributed by atoms with Crippen molar-refractivity contribution in [1.29, 1.82) is 5.26 Å². The number of esters is 1. The Hall–Kier alpha value is -4.83. The van der Waals surface area contributed by atoms with E-state index in [9.17, 15) is 9.59 Å². The SMILES string of the molecule is COc1cc(/C=C/C(=O)Oc2ccc3c(=O)c(-c4ccccc4)c(C)oc3c2)ccc1OCC#N. The molecule has 0 amide bonds. The molecule has 0 atom stereocenters. The van der Waals surface area contributed by atoms with Crippen LogP contribution in [0.5, 0.6) is 17.2 Å². The molecule has 0 aliphatic rings. The number of carbonyl (C=O) groups is 1. The molecule has 174 valence electrons. The summed E-state index contributed by atoms with van der Waals surface area (Å²) in [5.41, 5.74) is 2.15. The van der Waals surface area contributed by atoms with Gasteiger partial charge in [0.2, 0.25) is 5.43 Å². The summed E-state index contributed by atoms with van der Waals surface area (Å²) in [5, 5.41) is 9.06. The fraction of sp³-hybridized carbons (Fsp3) is 0.107. The van der Waals surface area contributed by atoms with E-state index in [1.807, 2.05) is 36.4 Å². The van der Waals surface area contributed by atoms with Crippen LogP contribution in [0.15, 0.2) is 82.0 Å². The zero-order valence-electron chi connectivity index (χ0n) is 19.1. The summed E-state index contributed by atoms with van der Waals surface area (Å²) in [6, 6.07) is 20.9. The number of nitrogens with zero attached hydrogens (tertiary/aromatic N) is 1. The van der Waals surface area contributed by atoms with Gasteiger partial charge in [0.15, 0.2) is 18.1 Å². The number of hydrogen-bond acceptors (Lipinski definition) is 7. The first kappa shape index (κ1) is 23.3. The summed E-state index contributed by atoms with van der Waals surface area (Å²) in [5.74, 6) is 0.990. The van der Waals surface area contributed by atoms with E-state index >= 15 is 0 Å². The van der Waals surface area contributed by atoms with Crippen LogP contribution in [0.4, 0.5) is 0 Å². The van der Waals surface area contributed by atoms with E-state index in [0.29, 0.717) is 39.4 Å². The van der Waals surface area contributed by atoms with Gasteiger partial charge in [-0.1, -0.05) is 36.4 Å². The minimum Gasteiger partial charge on any atom is -0.493 e. The van der Waals surface area contributed by atoms with Gasteiger partial charge in [-0.25, -0.2) is 4.79 Å². The van der Waals surface area contributed by atoms with Crippen molar-refractivity contribution in [3.63, 3.8) is 0 Å². The predicted octanol–water partition coefficient (Wildman–Crippen LogP) is 5.30. The lowest BCUT2D eigenvalue weighted by Crippen LogP contribution is -2.08. The van der Waals surface area contributed by atoms with Crippen molar-refractivity contribution in [3.05, 3.63) is 94.4 Å². The Morgan fingerprint density at radius 1 is 1.06 bits per heavy atom. The summed E-state index contributed by atoms with van der Waals surface area (Å²) < 4.78 is 21.8. The third-order valence-electron chi connectivity index (χ3n) is 5.21. The second-order valence-corrected chi connectivity index (χ2v) is 7.50. The number of ether oxygens (including phenoxy) is 3. The molecule has 4 aromatic rings. The number of carbonyl (C=O) groups excluding carboxylic acids is 1. The lowest BCUT2D eigenvalue weighted by Gasteiger charge is -2.09. The van der Waals surface area contributed by atoms with Gasteiger partial charge in [-0.15, -0.1) is 0 Å². The van der Waals surface area contributed by atoms with Crippen LogP contribution in [0.2, 0.25) is 0 Å². The van der Waals surface area contributed by atoms with Crippen molar-refractivity contribution in [2.75, 3.05) is 13.7 Å². The van der Waals surface area contributed by atoms with Crippen LogP contribution in [0.1, 0.15) is 11.3 Å². The zero-order valence-corrected chi connectivity index (χ0v) is 19.1. The van der Waals surface area contributed by atoms with Crippen LogP contribution in [-0.2, 0) is 4.79 Å². The quantitative estimate of drug-likeness (QED) is 0.207. The van der Waals surface area contributed by atoms with Gasteiger partial charge in [-0.3, -0.25) is 4.79 Å². The van der Waals surface area contributed by atoms with Crippen molar-refractivity contribution in [3.8, 4) is 34.4 Å². The first-order chi connectivity index (χ1) is 17.0.